The normalized spacial score (nSPS) is 21.2. The largest absolute Gasteiger partial charge is 0.335 e. The second kappa shape index (κ2) is 7.48. The van der Waals surface area contributed by atoms with Crippen LogP contribution < -0.4 is 5.32 Å². The molecule has 2 aliphatic rings. The lowest BCUT2D eigenvalue weighted by Crippen LogP contribution is -2.38. The molecule has 0 bridgehead atoms. The summed E-state index contributed by atoms with van der Waals surface area (Å²) in [6.07, 6.45) is 4.74. The summed E-state index contributed by atoms with van der Waals surface area (Å²) in [7, 11) is 0. The monoisotopic (exact) mass is 328 g/mol. The van der Waals surface area contributed by atoms with Crippen molar-refractivity contribution in [2.75, 3.05) is 19.6 Å². The zero-order valence-corrected chi connectivity index (χ0v) is 13.6. The van der Waals surface area contributed by atoms with Crippen LogP contribution in [0, 0.1) is 5.92 Å². The van der Waals surface area contributed by atoms with E-state index in [2.05, 4.69) is 11.4 Å². The Morgan fingerprint density at radius 2 is 2.14 bits per heavy atom. The van der Waals surface area contributed by atoms with Crippen molar-refractivity contribution in [1.29, 1.82) is 0 Å². The Hall–Kier alpha value is -0.770. The number of rotatable bonds is 5. The van der Waals surface area contributed by atoms with Crippen LogP contribution in [0.15, 0.2) is 24.3 Å². The van der Waals surface area contributed by atoms with E-state index in [9.17, 15) is 4.79 Å². The zero-order chi connectivity index (χ0) is 13.9. The Bertz CT molecular complexity index is 491. The molecule has 0 spiro atoms. The molecular weight excluding hydrogens is 307 g/mol. The molecule has 2 fully saturated rings. The van der Waals surface area contributed by atoms with E-state index < -0.39 is 0 Å². The summed E-state index contributed by atoms with van der Waals surface area (Å²) in [4.78, 5) is 14.4. The van der Waals surface area contributed by atoms with Crippen molar-refractivity contribution in [2.45, 2.75) is 31.7 Å². The van der Waals surface area contributed by atoms with Gasteiger partial charge in [0.1, 0.15) is 0 Å². The Morgan fingerprint density at radius 1 is 1.33 bits per heavy atom. The van der Waals surface area contributed by atoms with E-state index in [1.54, 1.807) is 0 Å². The lowest BCUT2D eigenvalue weighted by Gasteiger charge is -2.25. The van der Waals surface area contributed by atoms with Crippen molar-refractivity contribution in [3.63, 3.8) is 0 Å². The molecule has 1 atom stereocenters. The minimum atomic E-state index is 0. The Morgan fingerprint density at radius 3 is 2.86 bits per heavy atom. The minimum absolute atomic E-state index is 0. The van der Waals surface area contributed by atoms with Gasteiger partial charge in [0.15, 0.2) is 0 Å². The van der Waals surface area contributed by atoms with E-state index in [0.717, 1.165) is 42.4 Å². The fourth-order valence-electron chi connectivity index (χ4n) is 2.93. The van der Waals surface area contributed by atoms with E-state index in [1.165, 1.54) is 12.8 Å². The molecule has 21 heavy (non-hydrogen) atoms. The maximum atomic E-state index is 12.3. The van der Waals surface area contributed by atoms with Gasteiger partial charge in [0.2, 0.25) is 5.91 Å². The van der Waals surface area contributed by atoms with E-state index >= 15 is 0 Å². The summed E-state index contributed by atoms with van der Waals surface area (Å²) in [5.41, 5.74) is 1.16. The molecule has 1 unspecified atom stereocenters. The van der Waals surface area contributed by atoms with E-state index in [1.807, 2.05) is 23.1 Å². The molecule has 3 nitrogen and oxygen atoms in total. The smallest absolute Gasteiger partial charge is 0.237 e. The Balaban J connectivity index is 0.00000161. The lowest BCUT2D eigenvalue weighted by atomic mass is 10.0. The maximum absolute atomic E-state index is 12.3. The van der Waals surface area contributed by atoms with Gasteiger partial charge in [0.25, 0.3) is 0 Å². The predicted octanol–water partition coefficient (Wildman–Crippen LogP) is 3.42. The molecule has 0 aromatic heterocycles. The summed E-state index contributed by atoms with van der Waals surface area (Å²) in [6.45, 7) is 2.32. The number of amides is 1. The third-order valence-electron chi connectivity index (χ3n) is 4.21. The second-order valence-corrected chi connectivity index (χ2v) is 6.31. The lowest BCUT2D eigenvalue weighted by molar-refractivity contribution is -0.131. The quantitative estimate of drug-likeness (QED) is 0.898. The molecule has 1 saturated carbocycles. The molecule has 1 aromatic rings. The van der Waals surface area contributed by atoms with Crippen LogP contribution in [-0.2, 0) is 4.79 Å². The maximum Gasteiger partial charge on any atom is 0.237 e. The first kappa shape index (κ1) is 16.6. The molecule has 1 aliphatic carbocycles. The summed E-state index contributed by atoms with van der Waals surface area (Å²) >= 11 is 6.06. The number of carbonyl (C=O) groups is 1. The average molecular weight is 329 g/mol. The molecule has 1 amide bonds. The predicted molar refractivity (Wildman–Crippen MR) is 88.0 cm³/mol. The molecule has 1 aromatic carbocycles. The van der Waals surface area contributed by atoms with Gasteiger partial charge < -0.3 is 10.2 Å². The van der Waals surface area contributed by atoms with Crippen molar-refractivity contribution in [2.24, 2.45) is 5.92 Å². The zero-order valence-electron chi connectivity index (χ0n) is 12.1. The third-order valence-corrected chi connectivity index (χ3v) is 4.45. The summed E-state index contributed by atoms with van der Waals surface area (Å²) in [5, 5.41) is 4.03. The van der Waals surface area contributed by atoms with Gasteiger partial charge in [-0.25, -0.2) is 0 Å². The highest BCUT2D eigenvalue weighted by molar-refractivity contribution is 6.30. The average Bonchev–Trinajstić information content (AvgIpc) is 3.12. The number of halogens is 2. The molecular formula is C16H22Cl2N2O. The Kier molecular flexibility index (Phi) is 5.91. The highest BCUT2D eigenvalue weighted by Gasteiger charge is 2.30. The molecule has 1 heterocycles. The van der Waals surface area contributed by atoms with Gasteiger partial charge in [0.05, 0.1) is 12.6 Å². The third kappa shape index (κ3) is 4.35. The first-order valence-electron chi connectivity index (χ1n) is 7.49. The number of nitrogens with zero attached hydrogens (tertiary/aromatic N) is 1. The summed E-state index contributed by atoms with van der Waals surface area (Å²) in [6, 6.07) is 8.09. The SMILES string of the molecule is Cl.O=C(CNCC1CC1)N1CCCC1c1cccc(Cl)c1. The van der Waals surface area contributed by atoms with Crippen molar-refractivity contribution >= 4 is 29.9 Å². The highest BCUT2D eigenvalue weighted by Crippen LogP contribution is 2.33. The van der Waals surface area contributed by atoms with Gasteiger partial charge in [-0.3, -0.25) is 4.79 Å². The number of benzene rings is 1. The first-order valence-corrected chi connectivity index (χ1v) is 7.87. The summed E-state index contributed by atoms with van der Waals surface area (Å²) < 4.78 is 0. The van der Waals surface area contributed by atoms with Crippen LogP contribution in [-0.4, -0.2) is 30.4 Å². The van der Waals surface area contributed by atoms with Crippen LogP contribution in [0.1, 0.15) is 37.3 Å². The fraction of sp³-hybridized carbons (Fsp3) is 0.562. The molecule has 3 rings (SSSR count). The second-order valence-electron chi connectivity index (χ2n) is 5.87. The number of nitrogens with one attached hydrogen (secondary N) is 1. The van der Waals surface area contributed by atoms with Crippen molar-refractivity contribution in [3.8, 4) is 0 Å². The van der Waals surface area contributed by atoms with Crippen molar-refractivity contribution < 1.29 is 4.79 Å². The van der Waals surface area contributed by atoms with E-state index in [-0.39, 0.29) is 24.4 Å². The number of hydrogen-bond acceptors (Lipinski definition) is 2. The molecule has 1 aliphatic heterocycles. The number of carbonyl (C=O) groups excluding carboxylic acids is 1. The van der Waals surface area contributed by atoms with E-state index in [0.29, 0.717) is 6.54 Å². The van der Waals surface area contributed by atoms with Gasteiger partial charge in [-0.15, -0.1) is 12.4 Å². The van der Waals surface area contributed by atoms with Gasteiger partial charge in [0, 0.05) is 11.6 Å². The first-order chi connectivity index (χ1) is 9.74. The molecule has 5 heteroatoms. The van der Waals surface area contributed by atoms with Crippen molar-refractivity contribution in [3.05, 3.63) is 34.9 Å². The van der Waals surface area contributed by atoms with Gasteiger partial charge in [-0.2, -0.15) is 0 Å². The highest BCUT2D eigenvalue weighted by atomic mass is 35.5. The molecule has 116 valence electrons. The van der Waals surface area contributed by atoms with Crippen LogP contribution in [0.5, 0.6) is 0 Å². The molecule has 0 radical (unpaired) electrons. The molecule has 1 N–H and O–H groups in total. The fourth-order valence-corrected chi connectivity index (χ4v) is 3.13. The van der Waals surface area contributed by atoms with E-state index in [4.69, 9.17) is 11.6 Å². The van der Waals surface area contributed by atoms with Crippen LogP contribution in [0.25, 0.3) is 0 Å². The van der Waals surface area contributed by atoms with Crippen LogP contribution >= 0.6 is 24.0 Å². The topological polar surface area (TPSA) is 32.3 Å². The number of likely N-dealkylation sites (tertiary alicyclic amines) is 1. The van der Waals surface area contributed by atoms with Gasteiger partial charge >= 0.3 is 0 Å². The Labute approximate surface area is 137 Å². The van der Waals surface area contributed by atoms with Crippen LogP contribution in [0.3, 0.4) is 0 Å². The standard InChI is InChI=1S/C16H21ClN2O.ClH/c17-14-4-1-3-13(9-14)15-5-2-8-19(15)16(20)11-18-10-12-6-7-12;/h1,3-4,9,12,15,18H,2,5-8,10-11H2;1H. The van der Waals surface area contributed by atoms with Gasteiger partial charge in [-0.05, 0) is 55.8 Å². The van der Waals surface area contributed by atoms with Crippen LogP contribution in [0.4, 0.5) is 0 Å². The van der Waals surface area contributed by atoms with Gasteiger partial charge in [-0.1, -0.05) is 23.7 Å². The number of hydrogen-bond donors (Lipinski definition) is 1. The molecule has 1 saturated heterocycles. The van der Waals surface area contributed by atoms with Crippen molar-refractivity contribution in [1.82, 2.24) is 10.2 Å². The summed E-state index contributed by atoms with van der Waals surface area (Å²) in [5.74, 6) is 1.03. The van der Waals surface area contributed by atoms with Crippen LogP contribution in [0.2, 0.25) is 5.02 Å². The minimum Gasteiger partial charge on any atom is -0.335 e.